The van der Waals surface area contributed by atoms with Crippen molar-refractivity contribution in [3.8, 4) is 0 Å². The zero-order chi connectivity index (χ0) is 19.4. The van der Waals surface area contributed by atoms with Crippen molar-refractivity contribution < 1.29 is 19.4 Å². The standard InChI is InChI=1S/C21H24N2O4/c1-14-8-9-15(2)18(10-14)22-20(25)19-11-17(24)12-23(19)21(26)27-13-16-6-4-3-5-7-16/h3-10,17,19,24H,11-13H2,1-2H3,(H,22,25)/t17-,19+/m1/s1. The van der Waals surface area contributed by atoms with Crippen LogP contribution in [0.1, 0.15) is 23.1 Å². The molecule has 1 fully saturated rings. The number of amides is 2. The number of aryl methyl sites for hydroxylation is 2. The van der Waals surface area contributed by atoms with Crippen LogP contribution in [0.4, 0.5) is 10.5 Å². The molecule has 27 heavy (non-hydrogen) atoms. The molecule has 0 spiro atoms. The van der Waals surface area contributed by atoms with Gasteiger partial charge in [0.1, 0.15) is 12.6 Å². The first-order valence-electron chi connectivity index (χ1n) is 8.97. The van der Waals surface area contributed by atoms with Gasteiger partial charge in [0, 0.05) is 12.1 Å². The second kappa shape index (κ2) is 8.22. The number of hydrogen-bond donors (Lipinski definition) is 2. The monoisotopic (exact) mass is 368 g/mol. The molecule has 1 aliphatic heterocycles. The Hall–Kier alpha value is -2.86. The van der Waals surface area contributed by atoms with Crippen LogP contribution >= 0.6 is 0 Å². The molecular formula is C21H24N2O4. The third-order valence-corrected chi connectivity index (χ3v) is 4.67. The summed E-state index contributed by atoms with van der Waals surface area (Å²) in [6.45, 7) is 4.06. The molecule has 6 nitrogen and oxygen atoms in total. The Balaban J connectivity index is 1.66. The Labute approximate surface area is 158 Å². The molecule has 3 rings (SSSR count). The van der Waals surface area contributed by atoms with Crippen molar-refractivity contribution in [3.05, 3.63) is 65.2 Å². The number of nitrogens with zero attached hydrogens (tertiary/aromatic N) is 1. The number of nitrogens with one attached hydrogen (secondary N) is 1. The van der Waals surface area contributed by atoms with Gasteiger partial charge in [-0.2, -0.15) is 0 Å². The minimum Gasteiger partial charge on any atom is -0.445 e. The molecule has 1 heterocycles. The van der Waals surface area contributed by atoms with Crippen molar-refractivity contribution in [2.45, 2.75) is 39.0 Å². The van der Waals surface area contributed by atoms with E-state index in [9.17, 15) is 14.7 Å². The highest BCUT2D eigenvalue weighted by Gasteiger charge is 2.40. The van der Waals surface area contributed by atoms with Crippen LogP contribution in [0, 0.1) is 13.8 Å². The first-order chi connectivity index (χ1) is 12.9. The van der Waals surface area contributed by atoms with Crippen LogP contribution in [-0.2, 0) is 16.1 Å². The average Bonchev–Trinajstić information content (AvgIpc) is 3.05. The quantitative estimate of drug-likeness (QED) is 0.870. The summed E-state index contributed by atoms with van der Waals surface area (Å²) < 4.78 is 5.33. The molecule has 2 aromatic rings. The molecule has 0 aromatic heterocycles. The Morgan fingerprint density at radius 2 is 1.93 bits per heavy atom. The zero-order valence-electron chi connectivity index (χ0n) is 15.5. The predicted molar refractivity (Wildman–Crippen MR) is 102 cm³/mol. The minimum absolute atomic E-state index is 0.0819. The van der Waals surface area contributed by atoms with Crippen LogP contribution in [0.3, 0.4) is 0 Å². The van der Waals surface area contributed by atoms with Crippen molar-refractivity contribution in [1.29, 1.82) is 0 Å². The van der Waals surface area contributed by atoms with Crippen molar-refractivity contribution in [2.24, 2.45) is 0 Å². The van der Waals surface area contributed by atoms with Crippen LogP contribution in [-0.4, -0.2) is 40.7 Å². The molecule has 1 saturated heterocycles. The fraction of sp³-hybridized carbons (Fsp3) is 0.333. The number of ether oxygens (including phenoxy) is 1. The van der Waals surface area contributed by atoms with Gasteiger partial charge in [-0.05, 0) is 36.6 Å². The highest BCUT2D eigenvalue weighted by Crippen LogP contribution is 2.23. The van der Waals surface area contributed by atoms with Crippen LogP contribution in [0.15, 0.2) is 48.5 Å². The summed E-state index contributed by atoms with van der Waals surface area (Å²) in [4.78, 5) is 26.5. The van der Waals surface area contributed by atoms with Gasteiger partial charge in [0.05, 0.1) is 12.6 Å². The summed E-state index contributed by atoms with van der Waals surface area (Å²) in [7, 11) is 0. The van der Waals surface area contributed by atoms with E-state index in [1.165, 1.54) is 4.90 Å². The molecule has 142 valence electrons. The maximum absolute atomic E-state index is 12.7. The number of benzene rings is 2. The van der Waals surface area contributed by atoms with Crippen LogP contribution in [0.2, 0.25) is 0 Å². The number of aliphatic hydroxyl groups excluding tert-OH is 1. The van der Waals surface area contributed by atoms with E-state index < -0.39 is 18.2 Å². The smallest absolute Gasteiger partial charge is 0.410 e. The van der Waals surface area contributed by atoms with Gasteiger partial charge in [0.15, 0.2) is 0 Å². The van der Waals surface area contributed by atoms with Crippen molar-refractivity contribution in [3.63, 3.8) is 0 Å². The number of carbonyl (C=O) groups excluding carboxylic acids is 2. The molecule has 0 aliphatic carbocycles. The number of rotatable bonds is 4. The van der Waals surface area contributed by atoms with Gasteiger partial charge in [0.25, 0.3) is 0 Å². The Morgan fingerprint density at radius 1 is 1.19 bits per heavy atom. The summed E-state index contributed by atoms with van der Waals surface area (Å²) in [6, 6.07) is 14.4. The van der Waals surface area contributed by atoms with Crippen molar-refractivity contribution in [2.75, 3.05) is 11.9 Å². The van der Waals surface area contributed by atoms with Crippen molar-refractivity contribution in [1.82, 2.24) is 4.90 Å². The fourth-order valence-electron chi connectivity index (χ4n) is 3.15. The largest absolute Gasteiger partial charge is 0.445 e. The number of likely N-dealkylation sites (tertiary alicyclic amines) is 1. The topological polar surface area (TPSA) is 78.9 Å². The lowest BCUT2D eigenvalue weighted by Gasteiger charge is -2.23. The first-order valence-corrected chi connectivity index (χ1v) is 8.97. The SMILES string of the molecule is Cc1ccc(C)c(NC(=O)[C@@H]2C[C@@H](O)CN2C(=O)OCc2ccccc2)c1. The summed E-state index contributed by atoms with van der Waals surface area (Å²) in [5.74, 6) is -0.322. The maximum atomic E-state index is 12.7. The number of anilines is 1. The zero-order valence-corrected chi connectivity index (χ0v) is 15.5. The maximum Gasteiger partial charge on any atom is 0.410 e. The molecule has 1 aliphatic rings. The molecule has 2 N–H and O–H groups in total. The number of hydrogen-bond acceptors (Lipinski definition) is 4. The third kappa shape index (κ3) is 4.65. The van der Waals surface area contributed by atoms with Crippen LogP contribution in [0.5, 0.6) is 0 Å². The van der Waals surface area contributed by atoms with E-state index in [-0.39, 0.29) is 25.5 Å². The van der Waals surface area contributed by atoms with E-state index in [0.29, 0.717) is 5.69 Å². The van der Waals surface area contributed by atoms with Gasteiger partial charge in [-0.1, -0.05) is 42.5 Å². The number of aliphatic hydroxyl groups is 1. The van der Waals surface area contributed by atoms with Gasteiger partial charge in [-0.15, -0.1) is 0 Å². The minimum atomic E-state index is -0.761. The fourth-order valence-corrected chi connectivity index (χ4v) is 3.15. The van der Waals surface area contributed by atoms with Gasteiger partial charge in [-0.25, -0.2) is 4.79 Å². The second-order valence-electron chi connectivity index (χ2n) is 6.91. The van der Waals surface area contributed by atoms with E-state index >= 15 is 0 Å². The van der Waals surface area contributed by atoms with E-state index in [4.69, 9.17) is 4.74 Å². The second-order valence-corrected chi connectivity index (χ2v) is 6.91. The Bertz CT molecular complexity index is 822. The highest BCUT2D eigenvalue weighted by molar-refractivity contribution is 5.97. The normalized spacial score (nSPS) is 19.0. The molecule has 2 atom stereocenters. The first kappa shape index (κ1) is 18.9. The molecule has 0 bridgehead atoms. The van der Waals surface area contributed by atoms with Crippen LogP contribution < -0.4 is 5.32 Å². The lowest BCUT2D eigenvalue weighted by atomic mass is 10.1. The lowest BCUT2D eigenvalue weighted by Crippen LogP contribution is -2.43. The molecule has 6 heteroatoms. The molecule has 0 unspecified atom stereocenters. The summed E-state index contributed by atoms with van der Waals surface area (Å²) in [6.07, 6.45) is -1.16. The third-order valence-electron chi connectivity index (χ3n) is 4.67. The molecule has 2 aromatic carbocycles. The van der Waals surface area contributed by atoms with Gasteiger partial charge >= 0.3 is 6.09 Å². The van der Waals surface area contributed by atoms with Gasteiger partial charge in [0.2, 0.25) is 5.91 Å². The predicted octanol–water partition coefficient (Wildman–Crippen LogP) is 3.01. The summed E-state index contributed by atoms with van der Waals surface area (Å²) in [5.41, 5.74) is 3.54. The van der Waals surface area contributed by atoms with Crippen LogP contribution in [0.25, 0.3) is 0 Å². The Kier molecular flexibility index (Phi) is 5.76. The van der Waals surface area contributed by atoms with E-state index in [0.717, 1.165) is 16.7 Å². The van der Waals surface area contributed by atoms with Crippen molar-refractivity contribution >= 4 is 17.7 Å². The molecular weight excluding hydrogens is 344 g/mol. The summed E-state index contributed by atoms with van der Waals surface area (Å²) in [5, 5.41) is 12.9. The highest BCUT2D eigenvalue weighted by atomic mass is 16.6. The van der Waals surface area contributed by atoms with E-state index in [1.54, 1.807) is 0 Å². The van der Waals surface area contributed by atoms with Gasteiger partial charge in [-0.3, -0.25) is 9.69 Å². The van der Waals surface area contributed by atoms with E-state index in [1.807, 2.05) is 62.4 Å². The van der Waals surface area contributed by atoms with E-state index in [2.05, 4.69) is 5.32 Å². The number of β-amino-alcohol motifs (C(OH)–C–C–N with tert-alkyl or cyclic N) is 1. The average molecular weight is 368 g/mol. The lowest BCUT2D eigenvalue weighted by molar-refractivity contribution is -0.120. The van der Waals surface area contributed by atoms with Gasteiger partial charge < -0.3 is 15.2 Å². The molecule has 0 saturated carbocycles. The number of carbonyl (C=O) groups is 2. The molecule has 2 amide bonds. The molecule has 0 radical (unpaired) electrons. The summed E-state index contributed by atoms with van der Waals surface area (Å²) >= 11 is 0. The Morgan fingerprint density at radius 3 is 2.67 bits per heavy atom.